The van der Waals surface area contributed by atoms with E-state index in [-0.39, 0.29) is 0 Å². The van der Waals surface area contributed by atoms with Crippen molar-refractivity contribution in [3.63, 3.8) is 0 Å². The van der Waals surface area contributed by atoms with Gasteiger partial charge in [0, 0.05) is 33.2 Å². The number of nitrogens with zero attached hydrogens (tertiary/aromatic N) is 4. The van der Waals surface area contributed by atoms with Gasteiger partial charge in [-0.15, -0.1) is 0 Å². The van der Waals surface area contributed by atoms with Gasteiger partial charge in [-0.25, -0.2) is 15.0 Å². The van der Waals surface area contributed by atoms with E-state index in [2.05, 4.69) is 168 Å². The second-order valence-corrected chi connectivity index (χ2v) is 13.6. The molecule has 11 rings (SSSR count). The lowest BCUT2D eigenvalue weighted by Crippen LogP contribution is -2.01. The lowest BCUT2D eigenvalue weighted by atomic mass is 9.93. The van der Waals surface area contributed by atoms with Gasteiger partial charge in [-0.1, -0.05) is 146 Å². The Balaban J connectivity index is 1.16. The summed E-state index contributed by atoms with van der Waals surface area (Å²) in [5.41, 5.74) is 6.22. The molecule has 0 aliphatic heterocycles. The smallest absolute Gasteiger partial charge is 0.164 e. The van der Waals surface area contributed by atoms with E-state index in [1.807, 2.05) is 18.2 Å². The lowest BCUT2D eigenvalue weighted by Gasteiger charge is -2.14. The van der Waals surface area contributed by atoms with E-state index in [0.29, 0.717) is 17.5 Å². The minimum Gasteiger partial charge on any atom is -0.309 e. The number of para-hydroxylation sites is 1. The third-order valence-electron chi connectivity index (χ3n) is 10.6. The van der Waals surface area contributed by atoms with Crippen molar-refractivity contribution in [2.75, 3.05) is 0 Å². The van der Waals surface area contributed by atoms with Gasteiger partial charge < -0.3 is 4.57 Å². The summed E-state index contributed by atoms with van der Waals surface area (Å²) in [5.74, 6) is 1.92. The van der Waals surface area contributed by atoms with Gasteiger partial charge in [0.1, 0.15) is 0 Å². The fourth-order valence-corrected chi connectivity index (χ4v) is 8.11. The molecule has 0 aliphatic rings. The SMILES string of the molecule is c1ccc(-c2nc(-c3cccc(-n4c5ccccc5c5cc6ccccc6cc54)c3)nc(-c3cc4c5ccccc5ccc4c4ccccc34)n2)cc1. The number of rotatable bonds is 4. The second kappa shape index (κ2) is 11.7. The molecule has 0 fully saturated rings. The van der Waals surface area contributed by atoms with Crippen LogP contribution in [0.4, 0.5) is 0 Å². The molecule has 0 radical (unpaired) electrons. The normalized spacial score (nSPS) is 11.8. The van der Waals surface area contributed by atoms with E-state index in [4.69, 9.17) is 15.0 Å². The molecular formula is C49H30N4. The largest absolute Gasteiger partial charge is 0.309 e. The molecular weight excluding hydrogens is 645 g/mol. The number of fused-ring (bicyclic) bond motifs is 9. The Hall–Kier alpha value is -7.17. The summed E-state index contributed by atoms with van der Waals surface area (Å²) in [6.45, 7) is 0. The zero-order valence-electron chi connectivity index (χ0n) is 28.6. The molecule has 9 aromatic carbocycles. The molecule has 0 aliphatic carbocycles. The van der Waals surface area contributed by atoms with Crippen LogP contribution in [-0.2, 0) is 0 Å². The van der Waals surface area contributed by atoms with Crippen molar-refractivity contribution in [3.05, 3.63) is 182 Å². The van der Waals surface area contributed by atoms with Gasteiger partial charge in [0.15, 0.2) is 17.5 Å². The summed E-state index contributed by atoms with van der Waals surface area (Å²) in [4.78, 5) is 15.6. The second-order valence-electron chi connectivity index (χ2n) is 13.6. The van der Waals surface area contributed by atoms with Crippen LogP contribution in [0.25, 0.3) is 105 Å². The zero-order chi connectivity index (χ0) is 34.9. The standard InChI is InChI=1S/C49H30N4/c1-2-14-32(15-3-1)47-50-48(52-49(51-47)44-30-42-37-20-7-6-13-31(37)25-26-40(42)38-21-8-9-22-39(38)44)35-18-12-19-36(27-35)53-45-24-11-10-23-41(45)43-28-33-16-4-5-17-34(33)29-46(43)53/h1-30H. The van der Waals surface area contributed by atoms with E-state index in [0.717, 1.165) is 33.3 Å². The van der Waals surface area contributed by atoms with E-state index >= 15 is 0 Å². The Morgan fingerprint density at radius 1 is 0.302 bits per heavy atom. The van der Waals surface area contributed by atoms with Crippen molar-refractivity contribution in [2.45, 2.75) is 0 Å². The third-order valence-corrected chi connectivity index (χ3v) is 10.6. The molecule has 4 heteroatoms. The van der Waals surface area contributed by atoms with E-state index in [9.17, 15) is 0 Å². The van der Waals surface area contributed by atoms with Crippen LogP contribution in [-0.4, -0.2) is 19.5 Å². The van der Waals surface area contributed by atoms with Gasteiger partial charge in [0.05, 0.1) is 11.0 Å². The van der Waals surface area contributed by atoms with Crippen molar-refractivity contribution >= 4 is 64.9 Å². The first-order valence-corrected chi connectivity index (χ1v) is 17.9. The average molecular weight is 675 g/mol. The highest BCUT2D eigenvalue weighted by Crippen LogP contribution is 2.39. The molecule has 0 saturated carbocycles. The Morgan fingerprint density at radius 2 is 0.906 bits per heavy atom. The molecule has 2 heterocycles. The summed E-state index contributed by atoms with van der Waals surface area (Å²) in [6, 6.07) is 64.5. The molecule has 11 aromatic rings. The van der Waals surface area contributed by atoms with Crippen molar-refractivity contribution in [1.29, 1.82) is 0 Å². The molecule has 246 valence electrons. The fourth-order valence-electron chi connectivity index (χ4n) is 8.11. The number of hydrogen-bond acceptors (Lipinski definition) is 3. The maximum absolute atomic E-state index is 5.29. The first kappa shape index (κ1) is 29.5. The minimum absolute atomic E-state index is 0.629. The van der Waals surface area contributed by atoms with Gasteiger partial charge in [-0.3, -0.25) is 0 Å². The molecule has 0 amide bonds. The highest BCUT2D eigenvalue weighted by Gasteiger charge is 2.18. The summed E-state index contributed by atoms with van der Waals surface area (Å²) in [7, 11) is 0. The molecule has 0 unspecified atom stereocenters. The fraction of sp³-hybridized carbons (Fsp3) is 0. The van der Waals surface area contributed by atoms with E-state index in [1.54, 1.807) is 0 Å². The molecule has 0 N–H and O–H groups in total. The van der Waals surface area contributed by atoms with Crippen molar-refractivity contribution < 1.29 is 0 Å². The maximum Gasteiger partial charge on any atom is 0.164 e. The van der Waals surface area contributed by atoms with Crippen LogP contribution in [0.1, 0.15) is 0 Å². The quantitative estimate of drug-likeness (QED) is 0.175. The predicted octanol–water partition coefficient (Wildman–Crippen LogP) is 12.6. The topological polar surface area (TPSA) is 43.6 Å². The molecule has 0 bridgehead atoms. The van der Waals surface area contributed by atoms with Crippen LogP contribution >= 0.6 is 0 Å². The number of hydrogen-bond donors (Lipinski definition) is 0. The van der Waals surface area contributed by atoms with Crippen LogP contribution in [0.15, 0.2) is 182 Å². The number of aromatic nitrogens is 4. The monoisotopic (exact) mass is 674 g/mol. The Morgan fingerprint density at radius 3 is 1.74 bits per heavy atom. The maximum atomic E-state index is 5.29. The first-order chi connectivity index (χ1) is 26.3. The van der Waals surface area contributed by atoms with Gasteiger partial charge in [-0.05, 0) is 79.5 Å². The molecule has 53 heavy (non-hydrogen) atoms. The molecule has 0 saturated heterocycles. The summed E-state index contributed by atoms with van der Waals surface area (Å²) in [5, 5.41) is 12.0. The highest BCUT2D eigenvalue weighted by atomic mass is 15.0. The Bertz CT molecular complexity index is 3230. The van der Waals surface area contributed by atoms with Crippen LogP contribution in [0.3, 0.4) is 0 Å². The average Bonchev–Trinajstić information content (AvgIpc) is 3.55. The third kappa shape index (κ3) is 4.73. The van der Waals surface area contributed by atoms with E-state index in [1.165, 1.54) is 54.0 Å². The van der Waals surface area contributed by atoms with Gasteiger partial charge in [0.25, 0.3) is 0 Å². The Kier molecular flexibility index (Phi) is 6.52. The summed E-state index contributed by atoms with van der Waals surface area (Å²) >= 11 is 0. The van der Waals surface area contributed by atoms with Gasteiger partial charge >= 0.3 is 0 Å². The van der Waals surface area contributed by atoms with Crippen molar-refractivity contribution in [2.24, 2.45) is 0 Å². The lowest BCUT2D eigenvalue weighted by molar-refractivity contribution is 1.07. The van der Waals surface area contributed by atoms with Crippen molar-refractivity contribution in [1.82, 2.24) is 19.5 Å². The van der Waals surface area contributed by atoms with Crippen LogP contribution in [0.5, 0.6) is 0 Å². The summed E-state index contributed by atoms with van der Waals surface area (Å²) in [6.07, 6.45) is 0. The zero-order valence-corrected chi connectivity index (χ0v) is 28.6. The Labute approximate surface area is 305 Å². The molecule has 4 nitrogen and oxygen atoms in total. The molecule has 2 aromatic heterocycles. The minimum atomic E-state index is 0.629. The summed E-state index contributed by atoms with van der Waals surface area (Å²) < 4.78 is 2.36. The van der Waals surface area contributed by atoms with Crippen LogP contribution in [0.2, 0.25) is 0 Å². The highest BCUT2D eigenvalue weighted by molar-refractivity contribution is 6.20. The van der Waals surface area contributed by atoms with Crippen LogP contribution in [0, 0.1) is 0 Å². The predicted molar refractivity (Wildman–Crippen MR) is 220 cm³/mol. The van der Waals surface area contributed by atoms with Crippen molar-refractivity contribution in [3.8, 4) is 39.9 Å². The number of benzene rings is 9. The van der Waals surface area contributed by atoms with E-state index < -0.39 is 0 Å². The first-order valence-electron chi connectivity index (χ1n) is 17.9. The van der Waals surface area contributed by atoms with Gasteiger partial charge in [0.2, 0.25) is 0 Å². The molecule has 0 atom stereocenters. The van der Waals surface area contributed by atoms with Gasteiger partial charge in [-0.2, -0.15) is 0 Å². The molecule has 0 spiro atoms. The van der Waals surface area contributed by atoms with Crippen LogP contribution < -0.4 is 0 Å².